The second-order valence-corrected chi connectivity index (χ2v) is 4.59. The van der Waals surface area contributed by atoms with Crippen LogP contribution in [-0.2, 0) is 0 Å². The molecule has 0 aromatic heterocycles. The third-order valence-corrected chi connectivity index (χ3v) is 3.10. The van der Waals surface area contributed by atoms with E-state index in [-0.39, 0.29) is 16.5 Å². The zero-order valence-corrected chi connectivity index (χ0v) is 11.1. The largest absolute Gasteiger partial charge is 0.486 e. The number of anilines is 1. The number of nitrogens with two attached hydrogens (primary N) is 1. The number of nitrogen functional groups attached to an aromatic ring is 1. The van der Waals surface area contributed by atoms with E-state index >= 15 is 0 Å². The lowest BCUT2D eigenvalue weighted by Gasteiger charge is -2.20. The van der Waals surface area contributed by atoms with Crippen LogP contribution in [0.2, 0.25) is 5.02 Å². The lowest BCUT2D eigenvalue weighted by atomic mass is 10.2. The first-order valence-electron chi connectivity index (χ1n) is 5.96. The second-order valence-electron chi connectivity index (χ2n) is 4.19. The topological polar surface area (TPSA) is 53.7 Å². The maximum absolute atomic E-state index is 13.8. The Kier molecular flexibility index (Phi) is 3.28. The minimum Gasteiger partial charge on any atom is -0.486 e. The molecule has 3 rings (SSSR count). The molecule has 0 saturated heterocycles. The molecule has 0 saturated carbocycles. The van der Waals surface area contributed by atoms with Gasteiger partial charge in [0.15, 0.2) is 28.8 Å². The SMILES string of the molecule is Nc1cc2c(cc1Oc1cccc(Cl)c1F)OCCO2. The highest BCUT2D eigenvalue weighted by atomic mass is 35.5. The van der Waals surface area contributed by atoms with Crippen LogP contribution in [0.25, 0.3) is 0 Å². The summed E-state index contributed by atoms with van der Waals surface area (Å²) in [5.74, 6) is 0.718. The van der Waals surface area contributed by atoms with E-state index in [4.69, 9.17) is 31.5 Å². The van der Waals surface area contributed by atoms with Crippen molar-refractivity contribution in [1.29, 1.82) is 0 Å². The molecule has 0 atom stereocenters. The fourth-order valence-electron chi connectivity index (χ4n) is 1.86. The van der Waals surface area contributed by atoms with Crippen LogP contribution in [0.15, 0.2) is 30.3 Å². The van der Waals surface area contributed by atoms with Crippen LogP contribution in [0.4, 0.5) is 10.1 Å². The number of hydrogen-bond donors (Lipinski definition) is 1. The summed E-state index contributed by atoms with van der Waals surface area (Å²) in [4.78, 5) is 0. The molecule has 0 amide bonds. The standard InChI is InChI=1S/C14H11ClFNO3/c15-8-2-1-3-10(14(8)16)20-11-7-13-12(6-9(11)17)18-4-5-19-13/h1-3,6-7H,4-5,17H2. The molecule has 2 N–H and O–H groups in total. The van der Waals surface area contributed by atoms with Gasteiger partial charge in [-0.3, -0.25) is 0 Å². The van der Waals surface area contributed by atoms with E-state index in [0.717, 1.165) is 0 Å². The van der Waals surface area contributed by atoms with Gasteiger partial charge in [0.25, 0.3) is 0 Å². The van der Waals surface area contributed by atoms with Crippen molar-refractivity contribution in [3.63, 3.8) is 0 Å². The van der Waals surface area contributed by atoms with Crippen molar-refractivity contribution in [2.75, 3.05) is 18.9 Å². The third-order valence-electron chi connectivity index (χ3n) is 2.81. The molecule has 0 unspecified atom stereocenters. The highest BCUT2D eigenvalue weighted by Crippen LogP contribution is 2.40. The molecule has 0 fully saturated rings. The summed E-state index contributed by atoms with van der Waals surface area (Å²) in [6.45, 7) is 0.914. The number of rotatable bonds is 2. The summed E-state index contributed by atoms with van der Waals surface area (Å²) in [5, 5.41) is -0.0152. The molecule has 0 spiro atoms. The Bertz CT molecular complexity index is 663. The Morgan fingerprint density at radius 3 is 2.55 bits per heavy atom. The molecular weight excluding hydrogens is 285 g/mol. The lowest BCUT2D eigenvalue weighted by Crippen LogP contribution is -2.15. The highest BCUT2D eigenvalue weighted by molar-refractivity contribution is 6.30. The predicted octanol–water partition coefficient (Wildman–Crippen LogP) is 3.62. The Morgan fingerprint density at radius 1 is 1.10 bits per heavy atom. The fourth-order valence-corrected chi connectivity index (χ4v) is 2.02. The van der Waals surface area contributed by atoms with Crippen molar-refractivity contribution in [1.82, 2.24) is 0 Å². The van der Waals surface area contributed by atoms with Crippen LogP contribution in [0.1, 0.15) is 0 Å². The lowest BCUT2D eigenvalue weighted by molar-refractivity contribution is 0.171. The number of ether oxygens (including phenoxy) is 3. The molecular formula is C14H11ClFNO3. The van der Waals surface area contributed by atoms with Gasteiger partial charge in [-0.25, -0.2) is 4.39 Å². The molecule has 2 aromatic rings. The molecule has 4 nitrogen and oxygen atoms in total. The highest BCUT2D eigenvalue weighted by Gasteiger charge is 2.17. The maximum Gasteiger partial charge on any atom is 0.184 e. The van der Waals surface area contributed by atoms with Gasteiger partial charge in [-0.2, -0.15) is 0 Å². The molecule has 0 bridgehead atoms. The van der Waals surface area contributed by atoms with Crippen LogP contribution < -0.4 is 19.9 Å². The predicted molar refractivity (Wildman–Crippen MR) is 73.3 cm³/mol. The van der Waals surface area contributed by atoms with E-state index in [1.807, 2.05) is 0 Å². The Balaban J connectivity index is 1.96. The summed E-state index contributed by atoms with van der Waals surface area (Å²) in [5.41, 5.74) is 6.19. The number of benzene rings is 2. The molecule has 104 valence electrons. The van der Waals surface area contributed by atoms with Gasteiger partial charge in [-0.1, -0.05) is 17.7 Å². The Hall–Kier alpha value is -2.14. The van der Waals surface area contributed by atoms with Gasteiger partial charge in [0.2, 0.25) is 0 Å². The molecule has 1 aliphatic heterocycles. The van der Waals surface area contributed by atoms with E-state index in [9.17, 15) is 4.39 Å². The normalized spacial score (nSPS) is 13.1. The molecule has 6 heteroatoms. The van der Waals surface area contributed by atoms with E-state index in [1.54, 1.807) is 18.2 Å². The number of halogens is 2. The quantitative estimate of drug-likeness (QED) is 0.860. The van der Waals surface area contributed by atoms with Gasteiger partial charge >= 0.3 is 0 Å². The van der Waals surface area contributed by atoms with Crippen molar-refractivity contribution in [2.24, 2.45) is 0 Å². The Labute approximate surface area is 119 Å². The van der Waals surface area contributed by atoms with E-state index in [0.29, 0.717) is 30.4 Å². The summed E-state index contributed by atoms with van der Waals surface area (Å²) < 4.78 is 30.1. The number of fused-ring (bicyclic) bond motifs is 1. The van der Waals surface area contributed by atoms with Crippen LogP contribution in [0.5, 0.6) is 23.0 Å². The first-order valence-corrected chi connectivity index (χ1v) is 6.34. The Morgan fingerprint density at radius 2 is 1.80 bits per heavy atom. The first-order chi connectivity index (χ1) is 9.65. The zero-order valence-electron chi connectivity index (χ0n) is 10.4. The summed E-state index contributed by atoms with van der Waals surface area (Å²) in [6, 6.07) is 7.67. The molecule has 1 aliphatic rings. The van der Waals surface area contributed by atoms with Crippen molar-refractivity contribution < 1.29 is 18.6 Å². The maximum atomic E-state index is 13.8. The van der Waals surface area contributed by atoms with Gasteiger partial charge in [0, 0.05) is 12.1 Å². The van der Waals surface area contributed by atoms with Crippen LogP contribution in [0.3, 0.4) is 0 Å². The monoisotopic (exact) mass is 295 g/mol. The molecule has 1 heterocycles. The smallest absolute Gasteiger partial charge is 0.184 e. The molecule has 2 aromatic carbocycles. The van der Waals surface area contributed by atoms with Gasteiger partial charge < -0.3 is 19.9 Å². The minimum absolute atomic E-state index is 0.000813. The summed E-state index contributed by atoms with van der Waals surface area (Å²) in [7, 11) is 0. The zero-order chi connectivity index (χ0) is 14.1. The molecule has 0 radical (unpaired) electrons. The van der Waals surface area contributed by atoms with Crippen LogP contribution >= 0.6 is 11.6 Å². The van der Waals surface area contributed by atoms with Crippen LogP contribution in [-0.4, -0.2) is 13.2 Å². The second kappa shape index (κ2) is 5.09. The van der Waals surface area contributed by atoms with Crippen molar-refractivity contribution >= 4 is 17.3 Å². The fraction of sp³-hybridized carbons (Fsp3) is 0.143. The van der Waals surface area contributed by atoms with Crippen molar-refractivity contribution in [2.45, 2.75) is 0 Å². The number of hydrogen-bond acceptors (Lipinski definition) is 4. The van der Waals surface area contributed by atoms with Crippen molar-refractivity contribution in [3.8, 4) is 23.0 Å². The third kappa shape index (κ3) is 2.32. The van der Waals surface area contributed by atoms with Crippen molar-refractivity contribution in [3.05, 3.63) is 41.2 Å². The first kappa shape index (κ1) is 12.9. The van der Waals surface area contributed by atoms with E-state index < -0.39 is 5.82 Å². The minimum atomic E-state index is -0.636. The van der Waals surface area contributed by atoms with E-state index in [2.05, 4.69) is 0 Å². The van der Waals surface area contributed by atoms with Gasteiger partial charge in [-0.15, -0.1) is 0 Å². The summed E-state index contributed by atoms with van der Waals surface area (Å²) in [6.07, 6.45) is 0. The van der Waals surface area contributed by atoms with E-state index in [1.165, 1.54) is 12.1 Å². The average molecular weight is 296 g/mol. The van der Waals surface area contributed by atoms with Gasteiger partial charge in [0.05, 0.1) is 10.7 Å². The average Bonchev–Trinajstić information content (AvgIpc) is 2.44. The summed E-state index contributed by atoms with van der Waals surface area (Å²) >= 11 is 5.70. The molecule has 20 heavy (non-hydrogen) atoms. The van der Waals surface area contributed by atoms with Gasteiger partial charge in [0.1, 0.15) is 13.2 Å². The van der Waals surface area contributed by atoms with Gasteiger partial charge in [-0.05, 0) is 12.1 Å². The van der Waals surface area contributed by atoms with Crippen LogP contribution in [0, 0.1) is 5.82 Å². The molecule has 0 aliphatic carbocycles.